The van der Waals surface area contributed by atoms with Gasteiger partial charge in [0.25, 0.3) is 0 Å². The SMILES string of the molecule is c1ccc(-c2ccccc2-c2ccc3cc4cc(-c5ccc(N(c6ccccc6)c6ccccc6)cc5)ccc4cc3c2)cc1. The van der Waals surface area contributed by atoms with Crippen LogP contribution in [0.2, 0.25) is 0 Å². The van der Waals surface area contributed by atoms with E-state index in [4.69, 9.17) is 0 Å². The maximum absolute atomic E-state index is 2.33. The summed E-state index contributed by atoms with van der Waals surface area (Å²) in [5.74, 6) is 0. The van der Waals surface area contributed by atoms with E-state index in [0.717, 1.165) is 17.1 Å². The number of hydrogen-bond acceptors (Lipinski definition) is 1. The van der Waals surface area contributed by atoms with Crippen LogP contribution in [0.3, 0.4) is 0 Å². The van der Waals surface area contributed by atoms with Gasteiger partial charge in [0.2, 0.25) is 0 Å². The van der Waals surface area contributed by atoms with Crippen LogP contribution in [0.4, 0.5) is 17.1 Å². The van der Waals surface area contributed by atoms with E-state index in [1.807, 2.05) is 0 Å². The zero-order valence-electron chi connectivity index (χ0n) is 24.8. The molecule has 212 valence electrons. The molecule has 0 aliphatic carbocycles. The topological polar surface area (TPSA) is 3.24 Å². The largest absolute Gasteiger partial charge is 0.311 e. The monoisotopic (exact) mass is 573 g/mol. The Kier molecular flexibility index (Phi) is 6.90. The van der Waals surface area contributed by atoms with E-state index in [1.165, 1.54) is 54.9 Å². The van der Waals surface area contributed by atoms with Gasteiger partial charge in [-0.3, -0.25) is 0 Å². The second kappa shape index (κ2) is 11.6. The summed E-state index contributed by atoms with van der Waals surface area (Å²) in [6.45, 7) is 0. The molecule has 8 aromatic rings. The van der Waals surface area contributed by atoms with Crippen molar-refractivity contribution in [1.29, 1.82) is 0 Å². The van der Waals surface area contributed by atoms with Gasteiger partial charge >= 0.3 is 0 Å². The van der Waals surface area contributed by atoms with Crippen molar-refractivity contribution in [2.75, 3.05) is 4.90 Å². The fraction of sp³-hybridized carbons (Fsp3) is 0. The minimum Gasteiger partial charge on any atom is -0.311 e. The predicted octanol–water partition coefficient (Wildman–Crippen LogP) is 12.5. The highest BCUT2D eigenvalue weighted by molar-refractivity contribution is 6.01. The van der Waals surface area contributed by atoms with Gasteiger partial charge in [-0.25, -0.2) is 0 Å². The fourth-order valence-corrected chi connectivity index (χ4v) is 6.35. The van der Waals surface area contributed by atoms with Crippen molar-refractivity contribution in [2.45, 2.75) is 0 Å². The van der Waals surface area contributed by atoms with E-state index < -0.39 is 0 Å². The molecule has 0 radical (unpaired) electrons. The molecule has 8 rings (SSSR count). The molecule has 0 spiro atoms. The molecule has 0 unspecified atom stereocenters. The second-order valence-corrected chi connectivity index (χ2v) is 11.4. The zero-order chi connectivity index (χ0) is 30.0. The van der Waals surface area contributed by atoms with Gasteiger partial charge < -0.3 is 4.90 Å². The van der Waals surface area contributed by atoms with E-state index >= 15 is 0 Å². The normalized spacial score (nSPS) is 11.1. The van der Waals surface area contributed by atoms with E-state index in [-0.39, 0.29) is 0 Å². The van der Waals surface area contributed by atoms with Gasteiger partial charge in [0.15, 0.2) is 0 Å². The third-order valence-electron chi connectivity index (χ3n) is 8.61. The summed E-state index contributed by atoms with van der Waals surface area (Å²) in [7, 11) is 0. The summed E-state index contributed by atoms with van der Waals surface area (Å²) in [5.41, 5.74) is 10.8. The van der Waals surface area contributed by atoms with Gasteiger partial charge in [-0.05, 0) is 116 Å². The van der Waals surface area contributed by atoms with E-state index in [1.54, 1.807) is 0 Å². The molecule has 0 saturated heterocycles. The van der Waals surface area contributed by atoms with Gasteiger partial charge in [-0.1, -0.05) is 127 Å². The van der Waals surface area contributed by atoms with E-state index in [2.05, 4.69) is 193 Å². The third kappa shape index (κ3) is 5.26. The molecule has 0 aromatic heterocycles. The highest BCUT2D eigenvalue weighted by Crippen LogP contribution is 2.37. The molecule has 0 saturated carbocycles. The van der Waals surface area contributed by atoms with Crippen LogP contribution in [0.5, 0.6) is 0 Å². The van der Waals surface area contributed by atoms with Crippen molar-refractivity contribution in [3.05, 3.63) is 188 Å². The van der Waals surface area contributed by atoms with Crippen LogP contribution in [0.1, 0.15) is 0 Å². The Balaban J connectivity index is 1.13. The Labute approximate surface area is 264 Å². The number of benzene rings is 8. The molecule has 0 atom stereocenters. The van der Waals surface area contributed by atoms with Crippen molar-refractivity contribution in [2.24, 2.45) is 0 Å². The standard InChI is InChI=1S/C44H31N/c1-4-12-33(13-5-1)43-18-10-11-19-44(43)37-23-22-36-29-38-28-34(20-21-35(38)30-39(36)31-37)32-24-26-42(27-25-32)45(40-14-6-2-7-15-40)41-16-8-3-9-17-41/h1-31H. The molecule has 45 heavy (non-hydrogen) atoms. The van der Waals surface area contributed by atoms with Crippen molar-refractivity contribution in [1.82, 2.24) is 0 Å². The van der Waals surface area contributed by atoms with Crippen molar-refractivity contribution >= 4 is 38.6 Å². The van der Waals surface area contributed by atoms with E-state index in [9.17, 15) is 0 Å². The minimum absolute atomic E-state index is 1.13. The molecule has 0 heterocycles. The summed E-state index contributed by atoms with van der Waals surface area (Å²) < 4.78 is 0. The first kappa shape index (κ1) is 26.7. The number of anilines is 3. The first-order valence-electron chi connectivity index (χ1n) is 15.4. The number of nitrogens with zero attached hydrogens (tertiary/aromatic N) is 1. The first-order valence-corrected chi connectivity index (χ1v) is 15.4. The average molecular weight is 574 g/mol. The molecule has 1 heteroatoms. The van der Waals surface area contributed by atoms with Crippen LogP contribution < -0.4 is 4.90 Å². The summed E-state index contributed by atoms with van der Waals surface area (Å²) in [6.07, 6.45) is 0. The highest BCUT2D eigenvalue weighted by Gasteiger charge is 2.13. The number of fused-ring (bicyclic) bond motifs is 2. The van der Waals surface area contributed by atoms with Crippen molar-refractivity contribution < 1.29 is 0 Å². The maximum Gasteiger partial charge on any atom is 0.0462 e. The van der Waals surface area contributed by atoms with E-state index in [0.29, 0.717) is 0 Å². The summed E-state index contributed by atoms with van der Waals surface area (Å²) in [4.78, 5) is 2.29. The Hall–Kier alpha value is -5.92. The van der Waals surface area contributed by atoms with Gasteiger partial charge in [0.1, 0.15) is 0 Å². The van der Waals surface area contributed by atoms with Crippen LogP contribution in [-0.2, 0) is 0 Å². The smallest absolute Gasteiger partial charge is 0.0462 e. The Morgan fingerprint density at radius 2 is 0.667 bits per heavy atom. The summed E-state index contributed by atoms with van der Waals surface area (Å²) in [5, 5.41) is 4.99. The molecular weight excluding hydrogens is 542 g/mol. The van der Waals surface area contributed by atoms with Crippen molar-refractivity contribution in [3.8, 4) is 33.4 Å². The molecule has 0 N–H and O–H groups in total. The van der Waals surface area contributed by atoms with Crippen LogP contribution in [-0.4, -0.2) is 0 Å². The highest BCUT2D eigenvalue weighted by atomic mass is 15.1. The van der Waals surface area contributed by atoms with Crippen LogP contribution in [0.25, 0.3) is 54.9 Å². The van der Waals surface area contributed by atoms with Crippen molar-refractivity contribution in [3.63, 3.8) is 0 Å². The van der Waals surface area contributed by atoms with Crippen LogP contribution in [0.15, 0.2) is 188 Å². The quantitative estimate of drug-likeness (QED) is 0.179. The number of rotatable bonds is 6. The molecule has 0 aliphatic rings. The molecule has 0 amide bonds. The average Bonchev–Trinajstić information content (AvgIpc) is 3.12. The lowest BCUT2D eigenvalue weighted by molar-refractivity contribution is 1.28. The Morgan fingerprint density at radius 1 is 0.244 bits per heavy atom. The lowest BCUT2D eigenvalue weighted by Crippen LogP contribution is -2.09. The third-order valence-corrected chi connectivity index (χ3v) is 8.61. The zero-order valence-corrected chi connectivity index (χ0v) is 24.8. The molecule has 0 fully saturated rings. The first-order chi connectivity index (χ1) is 22.3. The van der Waals surface area contributed by atoms with Gasteiger partial charge in [-0.2, -0.15) is 0 Å². The lowest BCUT2D eigenvalue weighted by Gasteiger charge is -2.25. The molecule has 1 nitrogen and oxygen atoms in total. The maximum atomic E-state index is 2.33. The summed E-state index contributed by atoms with van der Waals surface area (Å²) >= 11 is 0. The van der Waals surface area contributed by atoms with Gasteiger partial charge in [-0.15, -0.1) is 0 Å². The van der Waals surface area contributed by atoms with Crippen LogP contribution in [0, 0.1) is 0 Å². The molecular formula is C44H31N. The second-order valence-electron chi connectivity index (χ2n) is 11.4. The molecule has 0 bridgehead atoms. The lowest BCUT2D eigenvalue weighted by atomic mass is 9.92. The van der Waals surface area contributed by atoms with Crippen LogP contribution >= 0.6 is 0 Å². The Bertz CT molecular complexity index is 2200. The molecule has 8 aromatic carbocycles. The summed E-state index contributed by atoms with van der Waals surface area (Å²) in [6, 6.07) is 67.6. The number of para-hydroxylation sites is 2. The van der Waals surface area contributed by atoms with Gasteiger partial charge in [0.05, 0.1) is 0 Å². The fourth-order valence-electron chi connectivity index (χ4n) is 6.35. The predicted molar refractivity (Wildman–Crippen MR) is 192 cm³/mol. The number of hydrogen-bond donors (Lipinski definition) is 0. The van der Waals surface area contributed by atoms with Gasteiger partial charge in [0, 0.05) is 17.1 Å². The Morgan fingerprint density at radius 3 is 1.24 bits per heavy atom. The minimum atomic E-state index is 1.13. The molecule has 0 aliphatic heterocycles.